The first-order valence-corrected chi connectivity index (χ1v) is 11.7. The Morgan fingerprint density at radius 1 is 1.29 bits per heavy atom. The molecule has 1 aromatic heterocycles. The van der Waals surface area contributed by atoms with Gasteiger partial charge in [0.2, 0.25) is 0 Å². The van der Waals surface area contributed by atoms with Gasteiger partial charge in [-0.2, -0.15) is 0 Å². The van der Waals surface area contributed by atoms with Gasteiger partial charge in [0, 0.05) is 24.0 Å². The maximum atomic E-state index is 9.89. The number of halogens is 1. The lowest BCUT2D eigenvalue weighted by atomic mass is 9.88. The van der Waals surface area contributed by atoms with Gasteiger partial charge in [0.1, 0.15) is 0 Å². The number of aromatic hydroxyl groups is 1. The van der Waals surface area contributed by atoms with E-state index in [9.17, 15) is 5.11 Å². The van der Waals surface area contributed by atoms with Crippen molar-refractivity contribution < 1.29 is 9.84 Å². The molecule has 2 heterocycles. The van der Waals surface area contributed by atoms with Crippen LogP contribution in [-0.2, 0) is 6.54 Å². The molecule has 8 heteroatoms. The smallest absolute Gasteiger partial charge is 0.191 e. The monoisotopic (exact) mass is 558 g/mol. The van der Waals surface area contributed by atoms with Crippen LogP contribution in [0, 0.1) is 5.92 Å². The maximum Gasteiger partial charge on any atom is 0.191 e. The van der Waals surface area contributed by atoms with Crippen molar-refractivity contribution in [2.24, 2.45) is 10.9 Å². The molecule has 0 aliphatic carbocycles. The summed E-state index contributed by atoms with van der Waals surface area (Å²) in [6.45, 7) is 7.87. The quantitative estimate of drug-likeness (QED) is 0.251. The van der Waals surface area contributed by atoms with Crippen molar-refractivity contribution in [2.45, 2.75) is 39.3 Å². The van der Waals surface area contributed by atoms with Gasteiger partial charge < -0.3 is 20.5 Å². The van der Waals surface area contributed by atoms with Crippen LogP contribution in [0.25, 0.3) is 0 Å². The summed E-state index contributed by atoms with van der Waals surface area (Å²) in [5.41, 5.74) is 1.00. The molecule has 3 rings (SSSR count). The van der Waals surface area contributed by atoms with Crippen molar-refractivity contribution in [1.82, 2.24) is 15.5 Å². The largest absolute Gasteiger partial charge is 0.504 e. The SMILES string of the molecule is CCNC(=NCc1ccc(O)c(OCC)c1)NCC1CCCN(C)C1c1cccs1.I. The second-order valence-electron chi connectivity index (χ2n) is 7.65. The van der Waals surface area contributed by atoms with Crippen LogP contribution in [0.5, 0.6) is 11.5 Å². The molecule has 1 fully saturated rings. The molecule has 0 amide bonds. The standard InChI is InChI=1S/C23H34N4O2S.HI/c1-4-24-23(25-15-17-10-11-19(28)20(14-17)29-5-2)26-16-18-8-6-12-27(3)22(18)21-9-7-13-30-21;/h7,9-11,13-14,18,22,28H,4-6,8,12,15-16H2,1-3H3,(H2,24,25,26);1H. The molecule has 2 unspecified atom stereocenters. The number of phenols is 1. The van der Waals surface area contributed by atoms with E-state index in [2.05, 4.69) is 47.0 Å². The third-order valence-corrected chi connectivity index (χ3v) is 6.40. The average Bonchev–Trinajstić information content (AvgIpc) is 3.26. The molecular weight excluding hydrogens is 523 g/mol. The molecule has 0 spiro atoms. The molecule has 172 valence electrons. The topological polar surface area (TPSA) is 69.1 Å². The molecule has 0 radical (unpaired) electrons. The second kappa shape index (κ2) is 13.1. The Kier molecular flexibility index (Phi) is 10.9. The number of likely N-dealkylation sites (tertiary alicyclic amines) is 1. The third kappa shape index (κ3) is 7.25. The van der Waals surface area contributed by atoms with E-state index in [0.717, 1.165) is 31.2 Å². The van der Waals surface area contributed by atoms with Crippen LogP contribution >= 0.6 is 35.3 Å². The third-order valence-electron chi connectivity index (χ3n) is 5.46. The fraction of sp³-hybridized carbons (Fsp3) is 0.522. The molecule has 2 atom stereocenters. The zero-order valence-electron chi connectivity index (χ0n) is 18.6. The number of piperidine rings is 1. The van der Waals surface area contributed by atoms with Crippen molar-refractivity contribution in [1.29, 1.82) is 0 Å². The van der Waals surface area contributed by atoms with Gasteiger partial charge in [0.15, 0.2) is 17.5 Å². The second-order valence-corrected chi connectivity index (χ2v) is 8.63. The van der Waals surface area contributed by atoms with Crippen LogP contribution < -0.4 is 15.4 Å². The van der Waals surface area contributed by atoms with E-state index < -0.39 is 0 Å². The summed E-state index contributed by atoms with van der Waals surface area (Å²) in [5, 5.41) is 19.0. The Balaban J connectivity index is 0.00000341. The van der Waals surface area contributed by atoms with E-state index in [4.69, 9.17) is 9.73 Å². The number of nitrogens with one attached hydrogen (secondary N) is 2. The molecule has 1 aromatic carbocycles. The fourth-order valence-corrected chi connectivity index (χ4v) is 5.03. The first-order valence-electron chi connectivity index (χ1n) is 10.8. The molecule has 3 N–H and O–H groups in total. The zero-order valence-corrected chi connectivity index (χ0v) is 21.8. The molecule has 0 saturated carbocycles. The molecule has 1 saturated heterocycles. The number of hydrogen-bond donors (Lipinski definition) is 3. The van der Waals surface area contributed by atoms with Gasteiger partial charge in [-0.15, -0.1) is 35.3 Å². The predicted molar refractivity (Wildman–Crippen MR) is 140 cm³/mol. The molecule has 6 nitrogen and oxygen atoms in total. The predicted octanol–water partition coefficient (Wildman–Crippen LogP) is 4.61. The van der Waals surface area contributed by atoms with E-state index in [1.54, 1.807) is 6.07 Å². The minimum Gasteiger partial charge on any atom is -0.504 e. The van der Waals surface area contributed by atoms with Crippen molar-refractivity contribution in [2.75, 3.05) is 33.3 Å². The number of aliphatic imine (C=N–C) groups is 1. The van der Waals surface area contributed by atoms with Gasteiger partial charge >= 0.3 is 0 Å². The van der Waals surface area contributed by atoms with Crippen molar-refractivity contribution in [3.63, 3.8) is 0 Å². The average molecular weight is 559 g/mol. The van der Waals surface area contributed by atoms with Crippen molar-refractivity contribution in [3.8, 4) is 11.5 Å². The number of benzene rings is 1. The summed E-state index contributed by atoms with van der Waals surface area (Å²) in [6, 6.07) is 10.3. The summed E-state index contributed by atoms with van der Waals surface area (Å²) in [7, 11) is 2.23. The minimum absolute atomic E-state index is 0. The first kappa shape index (κ1) is 25.7. The Morgan fingerprint density at radius 3 is 2.84 bits per heavy atom. The number of ether oxygens (including phenoxy) is 1. The number of phenolic OH excluding ortho intramolecular Hbond substituents is 1. The molecule has 0 bridgehead atoms. The van der Waals surface area contributed by atoms with Gasteiger partial charge in [-0.25, -0.2) is 4.99 Å². The normalized spacial score (nSPS) is 19.5. The Labute approximate surface area is 207 Å². The summed E-state index contributed by atoms with van der Waals surface area (Å²) < 4.78 is 5.48. The maximum absolute atomic E-state index is 9.89. The number of hydrogen-bond acceptors (Lipinski definition) is 5. The van der Waals surface area contributed by atoms with E-state index in [1.165, 1.54) is 17.7 Å². The van der Waals surface area contributed by atoms with Gasteiger partial charge in [-0.3, -0.25) is 4.90 Å². The van der Waals surface area contributed by atoms with E-state index in [1.807, 2.05) is 30.4 Å². The van der Waals surface area contributed by atoms with Crippen molar-refractivity contribution >= 4 is 41.3 Å². The number of rotatable bonds is 8. The van der Waals surface area contributed by atoms with Crippen LogP contribution in [0.15, 0.2) is 40.7 Å². The first-order chi connectivity index (χ1) is 14.6. The van der Waals surface area contributed by atoms with Crippen LogP contribution in [0.4, 0.5) is 0 Å². The van der Waals surface area contributed by atoms with E-state index in [-0.39, 0.29) is 29.7 Å². The summed E-state index contributed by atoms with van der Waals surface area (Å²) in [6.07, 6.45) is 2.45. The highest BCUT2D eigenvalue weighted by molar-refractivity contribution is 14.0. The highest BCUT2D eigenvalue weighted by Crippen LogP contribution is 2.36. The Hall–Kier alpha value is -1.52. The van der Waals surface area contributed by atoms with Crippen molar-refractivity contribution in [3.05, 3.63) is 46.2 Å². The summed E-state index contributed by atoms with van der Waals surface area (Å²) in [4.78, 5) is 8.68. The minimum atomic E-state index is 0. The molecular formula is C23H35IN4O2S. The lowest BCUT2D eigenvalue weighted by Crippen LogP contribution is -2.44. The molecule has 1 aliphatic rings. The van der Waals surface area contributed by atoms with E-state index in [0.29, 0.717) is 30.9 Å². The van der Waals surface area contributed by atoms with Gasteiger partial charge in [0.05, 0.1) is 13.2 Å². The van der Waals surface area contributed by atoms with Gasteiger partial charge in [0.25, 0.3) is 0 Å². The lowest BCUT2D eigenvalue weighted by Gasteiger charge is -2.39. The Morgan fingerprint density at radius 2 is 2.13 bits per heavy atom. The number of thiophene rings is 1. The molecule has 2 aromatic rings. The number of guanidine groups is 1. The van der Waals surface area contributed by atoms with Crippen LogP contribution in [-0.4, -0.2) is 49.3 Å². The van der Waals surface area contributed by atoms with Crippen LogP contribution in [0.2, 0.25) is 0 Å². The van der Waals surface area contributed by atoms with Gasteiger partial charge in [-0.1, -0.05) is 12.1 Å². The molecule has 1 aliphatic heterocycles. The highest BCUT2D eigenvalue weighted by atomic mass is 127. The number of nitrogens with zero attached hydrogens (tertiary/aromatic N) is 2. The fourth-order valence-electron chi connectivity index (χ4n) is 4.05. The molecule has 31 heavy (non-hydrogen) atoms. The summed E-state index contributed by atoms with van der Waals surface area (Å²) in [5.74, 6) is 2.04. The van der Waals surface area contributed by atoms with Gasteiger partial charge in [-0.05, 0) is 75.3 Å². The van der Waals surface area contributed by atoms with Crippen LogP contribution in [0.3, 0.4) is 0 Å². The lowest BCUT2D eigenvalue weighted by molar-refractivity contribution is 0.125. The zero-order chi connectivity index (χ0) is 21.3. The van der Waals surface area contributed by atoms with Crippen LogP contribution in [0.1, 0.15) is 43.2 Å². The summed E-state index contributed by atoms with van der Waals surface area (Å²) >= 11 is 1.85. The Bertz CT molecular complexity index is 816. The van der Waals surface area contributed by atoms with E-state index >= 15 is 0 Å². The highest BCUT2D eigenvalue weighted by Gasteiger charge is 2.31.